The molecule has 0 aliphatic rings. The molecule has 2 aromatic carbocycles. The lowest BCUT2D eigenvalue weighted by atomic mass is 10.2. The molecule has 0 heterocycles. The molecule has 1 N–H and O–H groups in total. The molecule has 2 atom stereocenters. The van der Waals surface area contributed by atoms with Gasteiger partial charge in [0.25, 0.3) is 5.91 Å². The number of anilines is 1. The number of carbonyl (C=O) groups excluding carboxylic acids is 2. The van der Waals surface area contributed by atoms with Crippen LogP contribution in [0.15, 0.2) is 53.4 Å². The summed E-state index contributed by atoms with van der Waals surface area (Å²) in [7, 11) is 0. The summed E-state index contributed by atoms with van der Waals surface area (Å²) in [6.45, 7) is 3.19. The zero-order valence-electron chi connectivity index (χ0n) is 14.2. The third-order valence-corrected chi connectivity index (χ3v) is 4.77. The first-order valence-electron chi connectivity index (χ1n) is 7.83. The molecule has 0 saturated heterocycles. The Balaban J connectivity index is 1.92. The SMILES string of the molecule is C[C@H](OC(=O)[C@@H](C)Sc1ccc(Cl)cc1)C(=O)Nc1ccccc1C#N. The van der Waals surface area contributed by atoms with Gasteiger partial charge in [-0.15, -0.1) is 11.8 Å². The predicted octanol–water partition coefficient (Wildman–Crippen LogP) is 4.26. The number of hydrogen-bond acceptors (Lipinski definition) is 5. The highest BCUT2D eigenvalue weighted by atomic mass is 35.5. The lowest BCUT2D eigenvalue weighted by molar-refractivity contribution is -0.152. The number of thioether (sulfide) groups is 1. The molecule has 26 heavy (non-hydrogen) atoms. The molecule has 0 radical (unpaired) electrons. The molecule has 0 unspecified atom stereocenters. The van der Waals surface area contributed by atoms with Crippen LogP contribution in [0.5, 0.6) is 0 Å². The first kappa shape index (κ1) is 19.8. The van der Waals surface area contributed by atoms with E-state index in [1.165, 1.54) is 18.7 Å². The number of esters is 1. The van der Waals surface area contributed by atoms with Gasteiger partial charge in [-0.3, -0.25) is 9.59 Å². The van der Waals surface area contributed by atoms with E-state index in [4.69, 9.17) is 21.6 Å². The monoisotopic (exact) mass is 388 g/mol. The number of rotatable bonds is 6. The van der Waals surface area contributed by atoms with Crippen molar-refractivity contribution in [2.24, 2.45) is 0 Å². The van der Waals surface area contributed by atoms with E-state index >= 15 is 0 Å². The summed E-state index contributed by atoms with van der Waals surface area (Å²) < 4.78 is 5.23. The number of benzene rings is 2. The summed E-state index contributed by atoms with van der Waals surface area (Å²) in [6, 6.07) is 15.7. The molecule has 2 aromatic rings. The number of para-hydroxylation sites is 1. The fourth-order valence-corrected chi connectivity index (χ4v) is 2.99. The number of nitrogens with one attached hydrogen (secondary N) is 1. The van der Waals surface area contributed by atoms with Crippen molar-refractivity contribution < 1.29 is 14.3 Å². The highest BCUT2D eigenvalue weighted by Gasteiger charge is 2.23. The summed E-state index contributed by atoms with van der Waals surface area (Å²) >= 11 is 7.15. The summed E-state index contributed by atoms with van der Waals surface area (Å²) in [5.74, 6) is -0.995. The second kappa shape index (κ2) is 9.27. The van der Waals surface area contributed by atoms with Crippen LogP contribution in [0.3, 0.4) is 0 Å². The maximum atomic E-state index is 12.2. The van der Waals surface area contributed by atoms with Crippen LogP contribution in [0.1, 0.15) is 19.4 Å². The van der Waals surface area contributed by atoms with Crippen molar-refractivity contribution in [3.63, 3.8) is 0 Å². The zero-order chi connectivity index (χ0) is 19.1. The van der Waals surface area contributed by atoms with E-state index in [1.54, 1.807) is 43.3 Å². The van der Waals surface area contributed by atoms with Crippen LogP contribution in [-0.2, 0) is 14.3 Å². The highest BCUT2D eigenvalue weighted by Crippen LogP contribution is 2.25. The molecule has 134 valence electrons. The predicted molar refractivity (Wildman–Crippen MR) is 102 cm³/mol. The van der Waals surface area contributed by atoms with Crippen LogP contribution in [-0.4, -0.2) is 23.2 Å². The van der Waals surface area contributed by atoms with Crippen molar-refractivity contribution in [1.29, 1.82) is 5.26 Å². The first-order valence-corrected chi connectivity index (χ1v) is 9.09. The van der Waals surface area contributed by atoms with Gasteiger partial charge in [-0.05, 0) is 50.2 Å². The van der Waals surface area contributed by atoms with Crippen LogP contribution in [0.4, 0.5) is 5.69 Å². The van der Waals surface area contributed by atoms with E-state index in [-0.39, 0.29) is 0 Å². The average Bonchev–Trinajstić information content (AvgIpc) is 2.63. The van der Waals surface area contributed by atoms with Gasteiger partial charge >= 0.3 is 5.97 Å². The average molecular weight is 389 g/mol. The van der Waals surface area contributed by atoms with Gasteiger partial charge in [-0.1, -0.05) is 23.7 Å². The third kappa shape index (κ3) is 5.51. The van der Waals surface area contributed by atoms with Gasteiger partial charge in [0.1, 0.15) is 11.3 Å². The lowest BCUT2D eigenvalue weighted by Crippen LogP contribution is -2.32. The quantitative estimate of drug-likeness (QED) is 0.590. The van der Waals surface area contributed by atoms with Crippen molar-refractivity contribution in [1.82, 2.24) is 0 Å². The van der Waals surface area contributed by atoms with Crippen LogP contribution in [0, 0.1) is 11.3 Å². The van der Waals surface area contributed by atoms with Gasteiger partial charge in [-0.2, -0.15) is 5.26 Å². The van der Waals surface area contributed by atoms with E-state index in [2.05, 4.69) is 5.32 Å². The van der Waals surface area contributed by atoms with E-state index < -0.39 is 23.2 Å². The highest BCUT2D eigenvalue weighted by molar-refractivity contribution is 8.00. The third-order valence-electron chi connectivity index (χ3n) is 3.43. The Morgan fingerprint density at radius 2 is 1.81 bits per heavy atom. The fourth-order valence-electron chi connectivity index (χ4n) is 2.01. The van der Waals surface area contributed by atoms with Gasteiger partial charge in [0.05, 0.1) is 11.3 Å². The largest absolute Gasteiger partial charge is 0.452 e. The number of nitrogens with zero attached hydrogens (tertiary/aromatic N) is 1. The smallest absolute Gasteiger partial charge is 0.319 e. The minimum absolute atomic E-state index is 0.339. The summed E-state index contributed by atoms with van der Waals surface area (Å²) in [5.41, 5.74) is 0.720. The van der Waals surface area contributed by atoms with Crippen LogP contribution in [0.25, 0.3) is 0 Å². The van der Waals surface area contributed by atoms with Crippen molar-refractivity contribution >= 4 is 40.9 Å². The number of halogens is 1. The van der Waals surface area contributed by atoms with Gasteiger partial charge < -0.3 is 10.1 Å². The second-order valence-corrected chi connectivity index (χ2v) is 7.29. The van der Waals surface area contributed by atoms with Crippen molar-refractivity contribution in [3.05, 3.63) is 59.1 Å². The summed E-state index contributed by atoms with van der Waals surface area (Å²) in [4.78, 5) is 25.3. The van der Waals surface area contributed by atoms with Crippen LogP contribution >= 0.6 is 23.4 Å². The number of hydrogen-bond donors (Lipinski definition) is 1. The molecule has 5 nitrogen and oxygen atoms in total. The summed E-state index contributed by atoms with van der Waals surface area (Å²) in [6.07, 6.45) is -0.984. The van der Waals surface area contributed by atoms with E-state index in [9.17, 15) is 9.59 Å². The Hall–Kier alpha value is -2.49. The van der Waals surface area contributed by atoms with Crippen molar-refractivity contribution in [2.45, 2.75) is 30.1 Å². The molecule has 0 saturated carbocycles. The topological polar surface area (TPSA) is 79.2 Å². The Morgan fingerprint density at radius 1 is 1.15 bits per heavy atom. The van der Waals surface area contributed by atoms with E-state index in [1.807, 2.05) is 18.2 Å². The van der Waals surface area contributed by atoms with Gasteiger partial charge in [0.2, 0.25) is 0 Å². The number of nitriles is 1. The molecule has 7 heteroatoms. The van der Waals surface area contributed by atoms with Crippen molar-refractivity contribution in [2.75, 3.05) is 5.32 Å². The molecule has 0 aliphatic carbocycles. The number of carbonyl (C=O) groups is 2. The molecule has 2 rings (SSSR count). The molecule has 0 fully saturated rings. The van der Waals surface area contributed by atoms with Gasteiger partial charge in [0.15, 0.2) is 6.10 Å². The number of ether oxygens (including phenoxy) is 1. The minimum atomic E-state index is -0.984. The Bertz CT molecular complexity index is 833. The molecular formula is C19H17ClN2O3S. The maximum absolute atomic E-state index is 12.2. The van der Waals surface area contributed by atoms with E-state index in [0.717, 1.165) is 4.90 Å². The maximum Gasteiger partial charge on any atom is 0.319 e. The molecule has 0 bridgehead atoms. The second-order valence-electron chi connectivity index (χ2n) is 5.44. The lowest BCUT2D eigenvalue weighted by Gasteiger charge is -2.17. The zero-order valence-corrected chi connectivity index (χ0v) is 15.8. The Morgan fingerprint density at radius 3 is 2.46 bits per heavy atom. The summed E-state index contributed by atoms with van der Waals surface area (Å²) in [5, 5.41) is 11.8. The molecule has 0 aromatic heterocycles. The van der Waals surface area contributed by atoms with E-state index in [0.29, 0.717) is 16.3 Å². The standard InChI is InChI=1S/C19H17ClN2O3S/c1-12(18(23)22-17-6-4-3-5-14(17)11-21)25-19(24)13(2)26-16-9-7-15(20)8-10-16/h3-10,12-13H,1-2H3,(H,22,23)/t12-,13+/m0/s1. The van der Waals surface area contributed by atoms with Gasteiger partial charge in [0, 0.05) is 9.92 Å². The normalized spacial score (nSPS) is 12.5. The Labute approximate surface area is 161 Å². The van der Waals surface area contributed by atoms with Crippen LogP contribution < -0.4 is 5.32 Å². The fraction of sp³-hybridized carbons (Fsp3) is 0.211. The van der Waals surface area contributed by atoms with Crippen molar-refractivity contribution in [3.8, 4) is 6.07 Å². The molecule has 0 spiro atoms. The minimum Gasteiger partial charge on any atom is -0.452 e. The number of amides is 1. The molecule has 0 aliphatic heterocycles. The van der Waals surface area contributed by atoms with Crippen LogP contribution in [0.2, 0.25) is 5.02 Å². The Kier molecular flexibility index (Phi) is 7.07. The molecular weight excluding hydrogens is 372 g/mol. The molecule has 1 amide bonds. The van der Waals surface area contributed by atoms with Gasteiger partial charge in [-0.25, -0.2) is 0 Å². The first-order chi connectivity index (χ1) is 12.4.